The van der Waals surface area contributed by atoms with Crippen molar-refractivity contribution in [2.45, 2.75) is 38.2 Å². The van der Waals surface area contributed by atoms with E-state index in [1.165, 1.54) is 12.8 Å². The number of rotatable bonds is 4. The Morgan fingerprint density at radius 2 is 2.11 bits per heavy atom. The van der Waals surface area contributed by atoms with Crippen LogP contribution < -0.4 is 4.74 Å². The van der Waals surface area contributed by atoms with E-state index in [4.69, 9.17) is 4.74 Å². The molecule has 1 saturated carbocycles. The summed E-state index contributed by atoms with van der Waals surface area (Å²) in [6.45, 7) is 1.53. The molecule has 0 aromatic carbocycles. The number of piperidine rings is 1. The second-order valence-electron chi connectivity index (χ2n) is 5.40. The Morgan fingerprint density at radius 3 is 2.84 bits per heavy atom. The number of aromatic nitrogens is 2. The molecule has 0 radical (unpaired) electrons. The number of ether oxygens (including phenoxy) is 1. The molecule has 5 heteroatoms. The molecule has 1 aliphatic heterocycles. The van der Waals surface area contributed by atoms with Crippen LogP contribution in [-0.4, -0.2) is 40.0 Å². The predicted molar refractivity (Wildman–Crippen MR) is 69.6 cm³/mol. The molecule has 2 aliphatic rings. The maximum Gasteiger partial charge on any atom is 0.316 e. The van der Waals surface area contributed by atoms with E-state index in [-0.39, 0.29) is 12.0 Å². The first kappa shape index (κ1) is 12.4. The number of likely N-dealkylation sites (tertiary alicyclic amines) is 1. The maximum atomic E-state index is 12.1. The monoisotopic (exact) mass is 261 g/mol. The van der Waals surface area contributed by atoms with Gasteiger partial charge in [0.05, 0.1) is 6.54 Å². The highest BCUT2D eigenvalue weighted by Crippen LogP contribution is 2.33. The van der Waals surface area contributed by atoms with Gasteiger partial charge in [0.25, 0.3) is 0 Å². The second-order valence-corrected chi connectivity index (χ2v) is 5.40. The minimum absolute atomic E-state index is 0.0271. The van der Waals surface area contributed by atoms with Crippen LogP contribution in [0.2, 0.25) is 0 Å². The zero-order valence-electron chi connectivity index (χ0n) is 11.0. The molecule has 0 spiro atoms. The van der Waals surface area contributed by atoms with Crippen molar-refractivity contribution in [1.82, 2.24) is 14.9 Å². The Hall–Kier alpha value is -1.65. The van der Waals surface area contributed by atoms with Gasteiger partial charge in [-0.05, 0) is 37.7 Å². The van der Waals surface area contributed by atoms with E-state index in [0.29, 0.717) is 24.9 Å². The largest absolute Gasteiger partial charge is 0.458 e. The lowest BCUT2D eigenvalue weighted by Gasteiger charge is -2.32. The molecule has 1 amide bonds. The molecule has 1 atom stereocenters. The maximum absolute atomic E-state index is 12.1. The first-order chi connectivity index (χ1) is 9.31. The van der Waals surface area contributed by atoms with Gasteiger partial charge in [0.1, 0.15) is 6.10 Å². The van der Waals surface area contributed by atoms with Crippen LogP contribution in [0, 0.1) is 5.92 Å². The number of carbonyl (C=O) groups is 1. The van der Waals surface area contributed by atoms with E-state index < -0.39 is 0 Å². The summed E-state index contributed by atoms with van der Waals surface area (Å²) in [4.78, 5) is 22.2. The van der Waals surface area contributed by atoms with Gasteiger partial charge in [-0.2, -0.15) is 0 Å². The van der Waals surface area contributed by atoms with E-state index in [1.807, 2.05) is 4.90 Å². The Labute approximate surface area is 113 Å². The molecule has 0 unspecified atom stereocenters. The molecular formula is C14H19N3O2. The average molecular weight is 261 g/mol. The lowest BCUT2D eigenvalue weighted by molar-refractivity contribution is -0.134. The highest BCUT2D eigenvalue weighted by molar-refractivity contribution is 5.76. The van der Waals surface area contributed by atoms with Gasteiger partial charge in [0, 0.05) is 25.4 Å². The lowest BCUT2D eigenvalue weighted by Crippen LogP contribution is -2.44. The Balaban J connectivity index is 1.53. The minimum atomic E-state index is 0.0271. The average Bonchev–Trinajstić information content (AvgIpc) is 3.24. The highest BCUT2D eigenvalue weighted by Gasteiger charge is 2.30. The van der Waals surface area contributed by atoms with Crippen LogP contribution in [0.4, 0.5) is 0 Å². The number of nitrogens with zero attached hydrogens (tertiary/aromatic N) is 3. The van der Waals surface area contributed by atoms with Crippen LogP contribution in [-0.2, 0) is 4.79 Å². The van der Waals surface area contributed by atoms with Gasteiger partial charge in [0.2, 0.25) is 5.91 Å². The third-order valence-electron chi connectivity index (χ3n) is 3.71. The molecule has 1 aromatic rings. The van der Waals surface area contributed by atoms with Gasteiger partial charge in [-0.25, -0.2) is 9.97 Å². The summed E-state index contributed by atoms with van der Waals surface area (Å²) in [6, 6.07) is 2.17. The van der Waals surface area contributed by atoms with E-state index >= 15 is 0 Å². The fourth-order valence-corrected chi connectivity index (χ4v) is 2.45. The number of hydrogen-bond acceptors (Lipinski definition) is 4. The Morgan fingerprint density at radius 1 is 1.32 bits per heavy atom. The van der Waals surface area contributed by atoms with Gasteiger partial charge in [0.15, 0.2) is 0 Å². The molecule has 2 heterocycles. The summed E-state index contributed by atoms with van der Waals surface area (Å²) in [6.07, 6.45) is 8.48. The molecular weight excluding hydrogens is 242 g/mol. The van der Waals surface area contributed by atoms with Gasteiger partial charge in [-0.15, -0.1) is 0 Å². The quantitative estimate of drug-likeness (QED) is 0.827. The van der Waals surface area contributed by atoms with Crippen LogP contribution in [0.1, 0.15) is 32.1 Å². The van der Waals surface area contributed by atoms with E-state index in [9.17, 15) is 4.79 Å². The first-order valence-electron chi connectivity index (χ1n) is 7.03. The second kappa shape index (κ2) is 5.55. The molecule has 1 aromatic heterocycles. The Bertz CT molecular complexity index is 434. The van der Waals surface area contributed by atoms with E-state index in [2.05, 4.69) is 9.97 Å². The highest BCUT2D eigenvalue weighted by atomic mass is 16.5. The zero-order valence-corrected chi connectivity index (χ0v) is 11.0. The van der Waals surface area contributed by atoms with Crippen LogP contribution >= 0.6 is 0 Å². The SMILES string of the molecule is O=C(CC1CC1)N1CCC[C@@H](Oc2ncccn2)C1. The van der Waals surface area contributed by atoms with Gasteiger partial charge < -0.3 is 9.64 Å². The van der Waals surface area contributed by atoms with Crippen molar-refractivity contribution in [3.63, 3.8) is 0 Å². The van der Waals surface area contributed by atoms with Gasteiger partial charge >= 0.3 is 6.01 Å². The normalized spacial score (nSPS) is 23.2. The molecule has 1 aliphatic carbocycles. The smallest absolute Gasteiger partial charge is 0.316 e. The lowest BCUT2D eigenvalue weighted by atomic mass is 10.1. The summed E-state index contributed by atoms with van der Waals surface area (Å²) < 4.78 is 5.74. The summed E-state index contributed by atoms with van der Waals surface area (Å²) in [5.74, 6) is 0.927. The standard InChI is InChI=1S/C14H19N3O2/c18-13(9-11-4-5-11)17-8-1-3-12(10-17)19-14-15-6-2-7-16-14/h2,6-7,11-12H,1,3-5,8-10H2/t12-/m1/s1. The number of amides is 1. The molecule has 0 N–H and O–H groups in total. The van der Waals surface area contributed by atoms with E-state index in [0.717, 1.165) is 19.4 Å². The zero-order chi connectivity index (χ0) is 13.1. The van der Waals surface area contributed by atoms with Crippen LogP contribution in [0.3, 0.4) is 0 Å². The molecule has 1 saturated heterocycles. The molecule has 3 rings (SSSR count). The predicted octanol–water partition coefficient (Wildman–Crippen LogP) is 1.65. The van der Waals surface area contributed by atoms with Crippen molar-refractivity contribution >= 4 is 5.91 Å². The van der Waals surface area contributed by atoms with Gasteiger partial charge in [-0.3, -0.25) is 4.79 Å². The summed E-state index contributed by atoms with van der Waals surface area (Å²) in [5.41, 5.74) is 0. The fraction of sp³-hybridized carbons (Fsp3) is 0.643. The summed E-state index contributed by atoms with van der Waals surface area (Å²) >= 11 is 0. The van der Waals surface area contributed by atoms with Crippen LogP contribution in [0.5, 0.6) is 6.01 Å². The molecule has 0 bridgehead atoms. The molecule has 102 valence electrons. The Kier molecular flexibility index (Phi) is 3.62. The summed E-state index contributed by atoms with van der Waals surface area (Å²) in [7, 11) is 0. The van der Waals surface area contributed by atoms with E-state index in [1.54, 1.807) is 18.5 Å². The summed E-state index contributed by atoms with van der Waals surface area (Å²) in [5, 5.41) is 0. The van der Waals surface area contributed by atoms with Crippen molar-refractivity contribution in [3.8, 4) is 6.01 Å². The van der Waals surface area contributed by atoms with Crippen molar-refractivity contribution in [2.75, 3.05) is 13.1 Å². The van der Waals surface area contributed by atoms with Crippen molar-refractivity contribution < 1.29 is 9.53 Å². The molecule has 19 heavy (non-hydrogen) atoms. The topological polar surface area (TPSA) is 55.3 Å². The third-order valence-corrected chi connectivity index (χ3v) is 3.71. The fourth-order valence-electron chi connectivity index (χ4n) is 2.45. The van der Waals surface area contributed by atoms with Crippen molar-refractivity contribution in [2.24, 2.45) is 5.92 Å². The van der Waals surface area contributed by atoms with Crippen molar-refractivity contribution in [3.05, 3.63) is 18.5 Å². The van der Waals surface area contributed by atoms with Crippen molar-refractivity contribution in [1.29, 1.82) is 0 Å². The van der Waals surface area contributed by atoms with Gasteiger partial charge in [-0.1, -0.05) is 0 Å². The number of hydrogen-bond donors (Lipinski definition) is 0. The third kappa shape index (κ3) is 3.43. The van der Waals surface area contributed by atoms with Crippen LogP contribution in [0.15, 0.2) is 18.5 Å². The first-order valence-corrected chi connectivity index (χ1v) is 7.03. The minimum Gasteiger partial charge on any atom is -0.458 e. The molecule has 5 nitrogen and oxygen atoms in total. The number of carbonyl (C=O) groups excluding carboxylic acids is 1. The van der Waals surface area contributed by atoms with Crippen LogP contribution in [0.25, 0.3) is 0 Å². The molecule has 2 fully saturated rings.